The number of halogens is 1. The molecule has 0 spiro atoms. The second-order valence-electron chi connectivity index (χ2n) is 7.12. The van der Waals surface area contributed by atoms with E-state index in [4.69, 9.17) is 21.1 Å². The smallest absolute Gasteiger partial charge is 0.286 e. The van der Waals surface area contributed by atoms with E-state index in [1.165, 1.54) is 0 Å². The number of nitrogens with zero attached hydrogens (tertiary/aromatic N) is 2. The largest absolute Gasteiger partial charge is 0.486 e. The molecule has 1 fully saturated rings. The van der Waals surface area contributed by atoms with Crippen molar-refractivity contribution in [1.29, 1.82) is 0 Å². The zero-order valence-electron chi connectivity index (χ0n) is 17.0. The minimum absolute atomic E-state index is 0.0888. The lowest BCUT2D eigenvalue weighted by atomic mass is 10.2. The van der Waals surface area contributed by atoms with E-state index in [1.807, 2.05) is 0 Å². The van der Waals surface area contributed by atoms with Crippen molar-refractivity contribution in [2.75, 3.05) is 18.5 Å². The number of benzene rings is 2. The normalized spacial score (nSPS) is 15.3. The van der Waals surface area contributed by atoms with Crippen LogP contribution in [0.1, 0.15) is 38.0 Å². The third kappa shape index (κ3) is 6.03. The lowest BCUT2D eigenvalue weighted by Gasteiger charge is -2.11. The van der Waals surface area contributed by atoms with Gasteiger partial charge in [-0.2, -0.15) is 0 Å². The molecule has 0 aliphatic carbocycles. The molecule has 2 aromatic carbocycles. The Morgan fingerprint density at radius 2 is 1.88 bits per heavy atom. The average Bonchev–Trinajstić information content (AvgIpc) is 3.50. The molecule has 1 aliphatic rings. The molecule has 2 heterocycles. The van der Waals surface area contributed by atoms with Crippen molar-refractivity contribution in [3.63, 3.8) is 0 Å². The van der Waals surface area contributed by atoms with E-state index in [-0.39, 0.29) is 29.5 Å². The summed E-state index contributed by atoms with van der Waals surface area (Å²) in [4.78, 5) is 24.7. The number of aromatic nitrogens is 2. The lowest BCUT2D eigenvalue weighted by Crippen LogP contribution is -2.31. The van der Waals surface area contributed by atoms with Gasteiger partial charge >= 0.3 is 0 Å². The van der Waals surface area contributed by atoms with E-state index < -0.39 is 0 Å². The maximum absolute atomic E-state index is 12.5. The molecule has 32 heavy (non-hydrogen) atoms. The van der Waals surface area contributed by atoms with Crippen molar-refractivity contribution in [2.45, 2.75) is 25.6 Å². The summed E-state index contributed by atoms with van der Waals surface area (Å²) in [5.41, 5.74) is 1.07. The molecule has 1 atom stereocenters. The highest BCUT2D eigenvalue weighted by Gasteiger charge is 2.17. The highest BCUT2D eigenvalue weighted by atomic mass is 35.5. The minimum atomic E-state index is -0.379. The van der Waals surface area contributed by atoms with E-state index in [2.05, 4.69) is 20.8 Å². The molecular weight excluding hydrogens is 452 g/mol. The maximum Gasteiger partial charge on any atom is 0.286 e. The van der Waals surface area contributed by atoms with Gasteiger partial charge in [-0.3, -0.25) is 9.59 Å². The summed E-state index contributed by atoms with van der Waals surface area (Å²) in [5.74, 6) is 0.0964. The van der Waals surface area contributed by atoms with E-state index >= 15 is 0 Å². The van der Waals surface area contributed by atoms with Gasteiger partial charge in [-0.1, -0.05) is 22.9 Å². The van der Waals surface area contributed by atoms with Crippen LogP contribution in [0.3, 0.4) is 0 Å². The van der Waals surface area contributed by atoms with Gasteiger partial charge in [-0.05, 0) is 61.4 Å². The number of carbonyl (C=O) groups excluding carboxylic acids is 2. The Bertz CT molecular complexity index is 1070. The van der Waals surface area contributed by atoms with Crippen LogP contribution < -0.4 is 15.4 Å². The Morgan fingerprint density at radius 1 is 1.09 bits per heavy atom. The van der Waals surface area contributed by atoms with Crippen LogP contribution >= 0.6 is 22.9 Å². The lowest BCUT2D eigenvalue weighted by molar-refractivity contribution is 0.0857. The number of nitrogens with one attached hydrogen (secondary N) is 2. The van der Waals surface area contributed by atoms with Gasteiger partial charge in [0.1, 0.15) is 12.4 Å². The van der Waals surface area contributed by atoms with Gasteiger partial charge in [0.05, 0.1) is 6.10 Å². The first kappa shape index (κ1) is 22.2. The first-order chi connectivity index (χ1) is 15.6. The topological polar surface area (TPSA) is 102 Å². The summed E-state index contributed by atoms with van der Waals surface area (Å²) < 4.78 is 11.1. The third-order valence-corrected chi connectivity index (χ3v) is 5.90. The molecule has 10 heteroatoms. The van der Waals surface area contributed by atoms with Gasteiger partial charge in [0.2, 0.25) is 5.01 Å². The van der Waals surface area contributed by atoms with E-state index in [9.17, 15) is 9.59 Å². The SMILES string of the molecule is O=C(NC[C@@H]1CCCO1)c1ccc(NC(=O)c2nnc(COc3ccc(Cl)cc3)s2)cc1. The molecule has 0 radical (unpaired) electrons. The van der Waals surface area contributed by atoms with Crippen LogP contribution in [-0.4, -0.2) is 41.3 Å². The standard InChI is InChI=1S/C22H21ClN4O4S/c23-15-5-9-17(10-6-15)31-13-19-26-27-22(32-19)21(29)25-16-7-3-14(4-8-16)20(28)24-12-18-2-1-11-30-18/h3-10,18H,1-2,11-13H2,(H,24,28)(H,25,29)/t18-/m0/s1. The van der Waals surface area contributed by atoms with Crippen LogP contribution in [0, 0.1) is 0 Å². The van der Waals surface area contributed by atoms with Gasteiger partial charge < -0.3 is 20.1 Å². The fourth-order valence-corrected chi connectivity index (χ4v) is 3.86. The van der Waals surface area contributed by atoms with Gasteiger partial charge in [0.25, 0.3) is 11.8 Å². The van der Waals surface area contributed by atoms with Crippen LogP contribution in [0.4, 0.5) is 5.69 Å². The summed E-state index contributed by atoms with van der Waals surface area (Å²) >= 11 is 7.00. The third-order valence-electron chi connectivity index (χ3n) is 4.76. The minimum Gasteiger partial charge on any atom is -0.486 e. The van der Waals surface area contributed by atoms with Crippen LogP contribution in [0.15, 0.2) is 48.5 Å². The Kier molecular flexibility index (Phi) is 7.31. The molecule has 0 saturated carbocycles. The highest BCUT2D eigenvalue weighted by molar-refractivity contribution is 7.13. The van der Waals surface area contributed by atoms with Gasteiger partial charge in [0, 0.05) is 29.4 Å². The molecule has 1 saturated heterocycles. The number of hydrogen-bond acceptors (Lipinski definition) is 7. The second kappa shape index (κ2) is 10.5. The van der Waals surface area contributed by atoms with Crippen molar-refractivity contribution in [2.24, 2.45) is 0 Å². The summed E-state index contributed by atoms with van der Waals surface area (Å²) in [5, 5.41) is 15.0. The molecular formula is C22H21ClN4O4S. The molecule has 0 bridgehead atoms. The monoisotopic (exact) mass is 472 g/mol. The molecule has 2 amide bonds. The molecule has 166 valence electrons. The number of amides is 2. The molecule has 3 aromatic rings. The number of rotatable bonds is 8. The zero-order valence-corrected chi connectivity index (χ0v) is 18.6. The second-order valence-corrected chi connectivity index (χ2v) is 8.62. The Labute approximate surface area is 193 Å². The van der Waals surface area contributed by atoms with Crippen molar-refractivity contribution in [3.05, 3.63) is 69.1 Å². The van der Waals surface area contributed by atoms with Crippen molar-refractivity contribution >= 4 is 40.4 Å². The molecule has 8 nitrogen and oxygen atoms in total. The summed E-state index contributed by atoms with van der Waals surface area (Å²) in [6.45, 7) is 1.45. The van der Waals surface area contributed by atoms with Crippen molar-refractivity contribution in [1.82, 2.24) is 15.5 Å². The Hall–Kier alpha value is -3.01. The van der Waals surface area contributed by atoms with Crippen LogP contribution in [0.2, 0.25) is 5.02 Å². The highest BCUT2D eigenvalue weighted by Crippen LogP contribution is 2.19. The van der Waals surface area contributed by atoms with Gasteiger partial charge in [-0.15, -0.1) is 10.2 Å². The van der Waals surface area contributed by atoms with Crippen molar-refractivity contribution in [3.8, 4) is 5.75 Å². The first-order valence-electron chi connectivity index (χ1n) is 10.1. The summed E-state index contributed by atoms with van der Waals surface area (Å²) in [7, 11) is 0. The number of hydrogen-bond donors (Lipinski definition) is 2. The number of carbonyl (C=O) groups is 2. The molecule has 0 unspecified atom stereocenters. The summed E-state index contributed by atoms with van der Waals surface area (Å²) in [6.07, 6.45) is 2.08. The van der Waals surface area contributed by atoms with Gasteiger partial charge in [-0.25, -0.2) is 0 Å². The van der Waals surface area contributed by atoms with Crippen LogP contribution in [0.25, 0.3) is 0 Å². The zero-order chi connectivity index (χ0) is 22.3. The summed E-state index contributed by atoms with van der Waals surface area (Å²) in [6, 6.07) is 13.6. The molecule has 1 aromatic heterocycles. The van der Waals surface area contributed by atoms with E-state index in [0.717, 1.165) is 30.8 Å². The number of anilines is 1. The Balaban J connectivity index is 1.27. The van der Waals surface area contributed by atoms with Crippen molar-refractivity contribution < 1.29 is 19.1 Å². The molecule has 1 aliphatic heterocycles. The predicted molar refractivity (Wildman–Crippen MR) is 121 cm³/mol. The molecule has 4 rings (SSSR count). The fraction of sp³-hybridized carbons (Fsp3) is 0.273. The van der Waals surface area contributed by atoms with Crippen LogP contribution in [0.5, 0.6) is 5.75 Å². The van der Waals surface area contributed by atoms with E-state index in [0.29, 0.717) is 33.6 Å². The molecule has 2 N–H and O–H groups in total. The van der Waals surface area contributed by atoms with E-state index in [1.54, 1.807) is 48.5 Å². The average molecular weight is 473 g/mol. The fourth-order valence-electron chi connectivity index (χ4n) is 3.08. The quantitative estimate of drug-likeness (QED) is 0.515. The predicted octanol–water partition coefficient (Wildman–Crippen LogP) is 3.93. The maximum atomic E-state index is 12.5. The van der Waals surface area contributed by atoms with Crippen LogP contribution in [-0.2, 0) is 11.3 Å². The Morgan fingerprint density at radius 3 is 2.59 bits per heavy atom. The van der Waals surface area contributed by atoms with Gasteiger partial charge in [0.15, 0.2) is 5.01 Å². The number of ether oxygens (including phenoxy) is 2. The first-order valence-corrected chi connectivity index (χ1v) is 11.3.